The monoisotopic (exact) mass is 455 g/mol. The van der Waals surface area contributed by atoms with Crippen LogP contribution in [0.3, 0.4) is 0 Å². The number of allylic oxidation sites excluding steroid dienone is 2. The van der Waals surface area contributed by atoms with E-state index in [2.05, 4.69) is 19.1 Å². The Hall–Kier alpha value is -1.89. The first-order chi connectivity index (χ1) is 15.3. The van der Waals surface area contributed by atoms with Gasteiger partial charge >= 0.3 is 11.9 Å². The minimum Gasteiger partial charge on any atom is -0.544 e. The van der Waals surface area contributed by atoms with E-state index < -0.39 is 42.0 Å². The number of hydrogen-bond donors (Lipinski definition) is 2. The van der Waals surface area contributed by atoms with Gasteiger partial charge in [0.15, 0.2) is 13.1 Å². The van der Waals surface area contributed by atoms with Gasteiger partial charge < -0.3 is 24.6 Å². The van der Waals surface area contributed by atoms with Gasteiger partial charge in [0.2, 0.25) is 0 Å². The Balaban J connectivity index is 3.88. The fourth-order valence-corrected chi connectivity index (χ4v) is 4.12. The van der Waals surface area contributed by atoms with Gasteiger partial charge in [-0.25, -0.2) is 9.59 Å². The zero-order valence-electron chi connectivity index (χ0n) is 20.1. The van der Waals surface area contributed by atoms with Gasteiger partial charge in [-0.15, -0.1) is 0 Å². The molecule has 0 aliphatic carbocycles. The van der Waals surface area contributed by atoms with Gasteiger partial charge in [0, 0.05) is 0 Å². The maximum Gasteiger partial charge on any atom is 0.359 e. The summed E-state index contributed by atoms with van der Waals surface area (Å²) >= 11 is 0. The summed E-state index contributed by atoms with van der Waals surface area (Å²) in [6.45, 7) is 0.805. The molecule has 186 valence electrons. The van der Waals surface area contributed by atoms with Crippen molar-refractivity contribution in [3.63, 3.8) is 0 Å². The second-order valence-corrected chi connectivity index (χ2v) is 8.99. The molecular formula is C25H45NO6. The molecule has 0 aromatic heterocycles. The predicted octanol–water partition coefficient (Wildman–Crippen LogP) is 4.15. The largest absolute Gasteiger partial charge is 0.544 e. The van der Waals surface area contributed by atoms with Crippen molar-refractivity contribution in [3.05, 3.63) is 12.2 Å². The average molecular weight is 456 g/mol. The summed E-state index contributed by atoms with van der Waals surface area (Å²) in [4.78, 5) is 33.3. The molecule has 0 saturated carbocycles. The first kappa shape index (κ1) is 30.1. The highest BCUT2D eigenvalue weighted by atomic mass is 16.4. The number of unbranched alkanes of at least 4 members (excludes halogenated alkanes) is 13. The zero-order valence-corrected chi connectivity index (χ0v) is 20.1. The molecule has 0 aliphatic heterocycles. The number of carbonyl (C=O) groups excluding carboxylic acids is 1. The molecule has 7 heteroatoms. The van der Waals surface area contributed by atoms with Crippen molar-refractivity contribution in [3.8, 4) is 0 Å². The average Bonchev–Trinajstić information content (AvgIpc) is 2.68. The van der Waals surface area contributed by atoms with E-state index in [0.717, 1.165) is 32.1 Å². The van der Waals surface area contributed by atoms with Gasteiger partial charge in [-0.2, -0.15) is 0 Å². The van der Waals surface area contributed by atoms with E-state index >= 15 is 0 Å². The van der Waals surface area contributed by atoms with Gasteiger partial charge in [-0.3, -0.25) is 0 Å². The highest BCUT2D eigenvalue weighted by Gasteiger charge is 2.33. The van der Waals surface area contributed by atoms with Gasteiger partial charge in [-0.05, 0) is 38.5 Å². The molecule has 7 nitrogen and oxygen atoms in total. The molecule has 0 aliphatic rings. The van der Waals surface area contributed by atoms with Crippen LogP contribution in [0.4, 0.5) is 0 Å². The van der Waals surface area contributed by atoms with E-state index in [-0.39, 0.29) is 6.54 Å². The summed E-state index contributed by atoms with van der Waals surface area (Å²) < 4.78 is -0.508. The van der Waals surface area contributed by atoms with Crippen LogP contribution < -0.4 is 5.11 Å². The third-order valence-corrected chi connectivity index (χ3v) is 5.80. The van der Waals surface area contributed by atoms with Gasteiger partial charge in [0.25, 0.3) is 0 Å². The van der Waals surface area contributed by atoms with Crippen LogP contribution in [0.15, 0.2) is 12.2 Å². The molecule has 2 N–H and O–H groups in total. The van der Waals surface area contributed by atoms with Crippen LogP contribution in [0.2, 0.25) is 0 Å². The number of carboxylic acid groups (broad SMARTS) is 3. The standard InChI is InChI=1S/C25H45NO6/c1-2-3-4-5-6-7-8-9-10-11-12-13-14-15-16-17-18-19-26(20-23(27)28,21-24(29)30)22-25(31)32/h12-13H,2-11,14-22H2,1H3,(H2-,27,28,29,30,31,32)/b13-12+. The molecule has 0 amide bonds. The lowest BCUT2D eigenvalue weighted by molar-refractivity contribution is -0.909. The molecular weight excluding hydrogens is 410 g/mol. The summed E-state index contributed by atoms with van der Waals surface area (Å²) in [5, 5.41) is 29.2. The van der Waals surface area contributed by atoms with Crippen LogP contribution in [0.1, 0.15) is 103 Å². The second kappa shape index (κ2) is 19.8. The summed E-state index contributed by atoms with van der Waals surface area (Å²) in [7, 11) is 0. The Morgan fingerprint density at radius 1 is 0.656 bits per heavy atom. The molecule has 0 radical (unpaired) electrons. The molecule has 0 saturated heterocycles. The fourth-order valence-electron chi connectivity index (χ4n) is 4.12. The highest BCUT2D eigenvalue weighted by molar-refractivity contribution is 5.72. The van der Waals surface area contributed by atoms with Gasteiger partial charge in [0.1, 0.15) is 6.54 Å². The van der Waals surface area contributed by atoms with Crippen molar-refractivity contribution < 1.29 is 34.2 Å². The summed E-state index contributed by atoms with van der Waals surface area (Å²) in [6.07, 6.45) is 22.0. The third-order valence-electron chi connectivity index (χ3n) is 5.80. The Kier molecular flexibility index (Phi) is 18.6. The summed E-state index contributed by atoms with van der Waals surface area (Å²) in [6, 6.07) is 0. The fraction of sp³-hybridized carbons (Fsp3) is 0.800. The van der Waals surface area contributed by atoms with Crippen molar-refractivity contribution in [2.75, 3.05) is 26.2 Å². The van der Waals surface area contributed by atoms with Crippen molar-refractivity contribution in [2.24, 2.45) is 0 Å². The van der Waals surface area contributed by atoms with Crippen LogP contribution in [0, 0.1) is 0 Å². The number of nitrogens with zero attached hydrogens (tertiary/aromatic N) is 1. The third kappa shape index (κ3) is 18.8. The molecule has 32 heavy (non-hydrogen) atoms. The molecule has 0 bridgehead atoms. The van der Waals surface area contributed by atoms with E-state index in [1.54, 1.807) is 0 Å². The van der Waals surface area contributed by atoms with E-state index in [4.69, 9.17) is 10.2 Å². The predicted molar refractivity (Wildman–Crippen MR) is 124 cm³/mol. The normalized spacial score (nSPS) is 11.8. The first-order valence-electron chi connectivity index (χ1n) is 12.4. The maximum atomic E-state index is 11.1. The Bertz CT molecular complexity index is 506. The minimum atomic E-state index is -1.43. The lowest BCUT2D eigenvalue weighted by Crippen LogP contribution is -2.59. The lowest BCUT2D eigenvalue weighted by Gasteiger charge is -2.36. The van der Waals surface area contributed by atoms with E-state index in [1.165, 1.54) is 57.8 Å². The molecule has 0 spiro atoms. The van der Waals surface area contributed by atoms with Crippen molar-refractivity contribution in [1.29, 1.82) is 0 Å². The van der Waals surface area contributed by atoms with E-state index in [9.17, 15) is 19.5 Å². The SMILES string of the molecule is CCCCCCCCCCC/C=C/CCCCCC[N+](CC(=O)[O-])(CC(=O)O)CC(=O)O. The topological polar surface area (TPSA) is 115 Å². The molecule has 0 atom stereocenters. The molecule has 0 aromatic carbocycles. The second-order valence-electron chi connectivity index (χ2n) is 8.99. The van der Waals surface area contributed by atoms with Gasteiger partial charge in [0.05, 0.1) is 12.5 Å². The smallest absolute Gasteiger partial charge is 0.359 e. The van der Waals surface area contributed by atoms with Crippen LogP contribution in [-0.2, 0) is 14.4 Å². The molecule has 0 fully saturated rings. The zero-order chi connectivity index (χ0) is 24.1. The molecule has 0 unspecified atom stereocenters. The molecule has 0 rings (SSSR count). The number of rotatable bonds is 23. The molecule has 0 aromatic rings. The van der Waals surface area contributed by atoms with Crippen molar-refractivity contribution >= 4 is 17.9 Å². The molecule has 0 heterocycles. The van der Waals surface area contributed by atoms with Crippen molar-refractivity contribution in [1.82, 2.24) is 0 Å². The Morgan fingerprint density at radius 3 is 1.47 bits per heavy atom. The van der Waals surface area contributed by atoms with Crippen LogP contribution >= 0.6 is 0 Å². The quantitative estimate of drug-likeness (QED) is 0.136. The minimum absolute atomic E-state index is 0.209. The number of aliphatic carboxylic acids is 3. The van der Waals surface area contributed by atoms with Crippen molar-refractivity contribution in [2.45, 2.75) is 103 Å². The van der Waals surface area contributed by atoms with E-state index in [0.29, 0.717) is 6.42 Å². The maximum absolute atomic E-state index is 11.1. The Morgan fingerprint density at radius 2 is 1.06 bits per heavy atom. The van der Waals surface area contributed by atoms with Crippen LogP contribution in [0.5, 0.6) is 0 Å². The Labute approximate surface area is 194 Å². The highest BCUT2D eigenvalue weighted by Crippen LogP contribution is 2.13. The van der Waals surface area contributed by atoms with Crippen LogP contribution in [-0.4, -0.2) is 58.8 Å². The van der Waals surface area contributed by atoms with Crippen LogP contribution in [0.25, 0.3) is 0 Å². The van der Waals surface area contributed by atoms with Gasteiger partial charge in [-0.1, -0.05) is 76.9 Å². The van der Waals surface area contributed by atoms with E-state index in [1.807, 2.05) is 0 Å². The lowest BCUT2D eigenvalue weighted by atomic mass is 10.1. The number of carbonyl (C=O) groups is 3. The summed E-state index contributed by atoms with van der Waals surface area (Å²) in [5.74, 6) is -3.83. The first-order valence-corrected chi connectivity index (χ1v) is 12.4. The number of hydrogen-bond acceptors (Lipinski definition) is 4. The summed E-state index contributed by atoms with van der Waals surface area (Å²) in [5.41, 5.74) is 0. The number of quaternary nitrogens is 1. The number of carboxylic acids is 3.